The van der Waals surface area contributed by atoms with E-state index in [1.165, 1.54) is 0 Å². The average Bonchev–Trinajstić information content (AvgIpc) is 2.80. The van der Waals surface area contributed by atoms with Gasteiger partial charge in [0, 0.05) is 49.7 Å². The lowest BCUT2D eigenvalue weighted by atomic mass is 10.1. The van der Waals surface area contributed by atoms with E-state index >= 15 is 0 Å². The summed E-state index contributed by atoms with van der Waals surface area (Å²) in [5.74, 6) is 0.661. The van der Waals surface area contributed by atoms with Gasteiger partial charge >= 0.3 is 0 Å². The largest absolute Gasteiger partial charge is 0.345 e. The van der Waals surface area contributed by atoms with E-state index in [2.05, 4.69) is 30.9 Å². The zero-order chi connectivity index (χ0) is 17.7. The molecular weight excluding hydrogens is 300 g/mol. The molecule has 1 amide bonds. The zero-order valence-electron chi connectivity index (χ0n) is 15.4. The van der Waals surface area contributed by atoms with Gasteiger partial charge in [-0.2, -0.15) is 5.10 Å². The fourth-order valence-electron chi connectivity index (χ4n) is 2.75. The second-order valence-corrected chi connectivity index (χ2v) is 6.79. The van der Waals surface area contributed by atoms with Crippen LogP contribution in [0.15, 0.2) is 24.4 Å². The van der Waals surface area contributed by atoms with Crippen molar-refractivity contribution in [2.24, 2.45) is 5.92 Å². The zero-order valence-corrected chi connectivity index (χ0v) is 15.4. The molecule has 0 atom stereocenters. The first-order valence-corrected chi connectivity index (χ1v) is 8.55. The van der Waals surface area contributed by atoms with E-state index in [9.17, 15) is 4.79 Å². The third-order valence-corrected chi connectivity index (χ3v) is 4.25. The number of carbonyl (C=O) groups excluding carboxylic acids is 1. The summed E-state index contributed by atoms with van der Waals surface area (Å²) >= 11 is 0. The Hall–Kier alpha value is -2.17. The minimum atomic E-state index is 0.126. The van der Waals surface area contributed by atoms with Crippen molar-refractivity contribution in [3.05, 3.63) is 47.0 Å². The summed E-state index contributed by atoms with van der Waals surface area (Å²) in [5, 5.41) is 4.59. The van der Waals surface area contributed by atoms with Crippen LogP contribution in [-0.2, 0) is 24.2 Å². The van der Waals surface area contributed by atoms with Crippen molar-refractivity contribution in [2.75, 3.05) is 13.6 Å². The van der Waals surface area contributed by atoms with Crippen LogP contribution < -0.4 is 0 Å². The number of rotatable bonds is 7. The molecule has 0 aliphatic heterocycles. The van der Waals surface area contributed by atoms with Crippen LogP contribution in [0.25, 0.3) is 0 Å². The third-order valence-electron chi connectivity index (χ3n) is 4.25. The van der Waals surface area contributed by atoms with E-state index in [0.717, 1.165) is 35.6 Å². The molecule has 0 bridgehead atoms. The summed E-state index contributed by atoms with van der Waals surface area (Å²) in [6, 6.07) is 5.86. The van der Waals surface area contributed by atoms with Gasteiger partial charge in [-0.1, -0.05) is 19.9 Å². The lowest BCUT2D eigenvalue weighted by Crippen LogP contribution is -2.30. The van der Waals surface area contributed by atoms with Gasteiger partial charge in [-0.15, -0.1) is 0 Å². The van der Waals surface area contributed by atoms with Crippen molar-refractivity contribution in [1.29, 1.82) is 0 Å². The lowest BCUT2D eigenvalue weighted by Gasteiger charge is -2.17. The quantitative estimate of drug-likeness (QED) is 0.785. The molecule has 2 aromatic heterocycles. The molecule has 0 spiro atoms. The van der Waals surface area contributed by atoms with E-state index in [1.54, 1.807) is 11.1 Å². The molecule has 0 aliphatic rings. The van der Waals surface area contributed by atoms with Crippen LogP contribution >= 0.6 is 0 Å². The predicted octanol–water partition coefficient (Wildman–Crippen LogP) is 2.79. The van der Waals surface area contributed by atoms with Crippen LogP contribution in [0.4, 0.5) is 0 Å². The lowest BCUT2D eigenvalue weighted by molar-refractivity contribution is -0.129. The summed E-state index contributed by atoms with van der Waals surface area (Å²) in [5.41, 5.74) is 4.13. The van der Waals surface area contributed by atoms with Crippen molar-refractivity contribution in [3.63, 3.8) is 0 Å². The van der Waals surface area contributed by atoms with Crippen molar-refractivity contribution in [2.45, 2.75) is 47.1 Å². The molecule has 5 nitrogen and oxygen atoms in total. The van der Waals surface area contributed by atoms with Crippen LogP contribution in [0.2, 0.25) is 0 Å². The number of pyridine rings is 1. The molecule has 0 saturated carbocycles. The van der Waals surface area contributed by atoms with Crippen molar-refractivity contribution >= 4 is 5.91 Å². The Bertz CT molecular complexity index is 676. The molecule has 130 valence electrons. The summed E-state index contributed by atoms with van der Waals surface area (Å²) in [7, 11) is 1.86. The van der Waals surface area contributed by atoms with Gasteiger partial charge in [-0.3, -0.25) is 14.5 Å². The van der Waals surface area contributed by atoms with E-state index in [0.29, 0.717) is 18.9 Å². The fraction of sp³-hybridized carbons (Fsp3) is 0.526. The monoisotopic (exact) mass is 328 g/mol. The van der Waals surface area contributed by atoms with Crippen LogP contribution in [0, 0.1) is 19.8 Å². The van der Waals surface area contributed by atoms with Crippen molar-refractivity contribution < 1.29 is 4.79 Å². The highest BCUT2D eigenvalue weighted by Gasteiger charge is 2.17. The highest BCUT2D eigenvalue weighted by atomic mass is 16.2. The first kappa shape index (κ1) is 18.2. The van der Waals surface area contributed by atoms with Crippen LogP contribution in [-0.4, -0.2) is 39.2 Å². The van der Waals surface area contributed by atoms with E-state index < -0.39 is 0 Å². The molecule has 2 heterocycles. The number of hydrogen-bond acceptors (Lipinski definition) is 3. The molecule has 0 N–H and O–H groups in total. The third kappa shape index (κ3) is 4.66. The summed E-state index contributed by atoms with van der Waals surface area (Å²) in [4.78, 5) is 18.6. The van der Waals surface area contributed by atoms with Gasteiger partial charge in [0.2, 0.25) is 5.91 Å². The minimum Gasteiger partial charge on any atom is -0.345 e. The molecule has 2 aromatic rings. The topological polar surface area (TPSA) is 51.0 Å². The van der Waals surface area contributed by atoms with E-state index in [1.807, 2.05) is 36.9 Å². The first-order valence-electron chi connectivity index (χ1n) is 8.55. The van der Waals surface area contributed by atoms with Gasteiger partial charge in [0.1, 0.15) is 0 Å². The maximum atomic E-state index is 12.5. The van der Waals surface area contributed by atoms with Crippen LogP contribution in [0.5, 0.6) is 0 Å². The van der Waals surface area contributed by atoms with E-state index in [4.69, 9.17) is 0 Å². The number of amides is 1. The normalized spacial score (nSPS) is 11.1. The van der Waals surface area contributed by atoms with Crippen molar-refractivity contribution in [1.82, 2.24) is 19.7 Å². The van der Waals surface area contributed by atoms with Gasteiger partial charge in [0.05, 0.1) is 12.1 Å². The van der Waals surface area contributed by atoms with Gasteiger partial charge in [0.15, 0.2) is 0 Å². The van der Waals surface area contributed by atoms with Crippen LogP contribution in [0.3, 0.4) is 0 Å². The maximum absolute atomic E-state index is 12.5. The summed E-state index contributed by atoms with van der Waals surface area (Å²) < 4.78 is 2.02. The SMILES string of the molecule is Cc1nn(CC(C)C)c(C)c1CC(=O)N(C)CCc1ccccn1. The number of hydrogen-bond donors (Lipinski definition) is 0. The van der Waals surface area contributed by atoms with Crippen molar-refractivity contribution in [3.8, 4) is 0 Å². The summed E-state index contributed by atoms with van der Waals surface area (Å²) in [6.07, 6.45) is 2.97. The molecule has 0 saturated heterocycles. The number of aromatic nitrogens is 3. The smallest absolute Gasteiger partial charge is 0.226 e. The second-order valence-electron chi connectivity index (χ2n) is 6.79. The summed E-state index contributed by atoms with van der Waals surface area (Å²) in [6.45, 7) is 9.95. The molecule has 0 aliphatic carbocycles. The molecule has 0 fully saturated rings. The van der Waals surface area contributed by atoms with Crippen LogP contribution in [0.1, 0.15) is 36.5 Å². The first-order chi connectivity index (χ1) is 11.4. The molecule has 0 unspecified atom stereocenters. The number of carbonyl (C=O) groups is 1. The second kappa shape index (κ2) is 8.08. The van der Waals surface area contributed by atoms with Gasteiger partial charge < -0.3 is 4.90 Å². The van der Waals surface area contributed by atoms with Gasteiger partial charge in [0.25, 0.3) is 0 Å². The van der Waals surface area contributed by atoms with Gasteiger partial charge in [-0.25, -0.2) is 0 Å². The number of nitrogens with zero attached hydrogens (tertiary/aromatic N) is 4. The predicted molar refractivity (Wildman–Crippen MR) is 95.8 cm³/mol. The molecule has 2 rings (SSSR count). The Kier molecular flexibility index (Phi) is 6.12. The fourth-order valence-corrected chi connectivity index (χ4v) is 2.75. The van der Waals surface area contributed by atoms with E-state index in [-0.39, 0.29) is 5.91 Å². The highest BCUT2D eigenvalue weighted by molar-refractivity contribution is 5.79. The molecular formula is C19H28N4O. The number of aryl methyl sites for hydroxylation is 1. The highest BCUT2D eigenvalue weighted by Crippen LogP contribution is 2.16. The number of likely N-dealkylation sites (N-methyl/N-ethyl adjacent to an activating group) is 1. The standard InChI is InChI=1S/C19H28N4O/c1-14(2)13-23-16(4)18(15(3)21-23)12-19(24)22(5)11-9-17-8-6-7-10-20-17/h6-8,10,14H,9,11-13H2,1-5H3. The Morgan fingerprint density at radius 3 is 2.67 bits per heavy atom. The Morgan fingerprint density at radius 2 is 2.04 bits per heavy atom. The minimum absolute atomic E-state index is 0.126. The Balaban J connectivity index is 1.97. The molecule has 24 heavy (non-hydrogen) atoms. The molecule has 0 radical (unpaired) electrons. The molecule has 5 heteroatoms. The average molecular weight is 328 g/mol. The van der Waals surface area contributed by atoms with Gasteiger partial charge in [-0.05, 0) is 31.9 Å². The Labute approximate surface area is 144 Å². The Morgan fingerprint density at radius 1 is 1.29 bits per heavy atom. The molecule has 0 aromatic carbocycles. The maximum Gasteiger partial charge on any atom is 0.226 e.